The summed E-state index contributed by atoms with van der Waals surface area (Å²) in [7, 11) is 0. The van der Waals surface area contributed by atoms with Crippen LogP contribution in [0.15, 0.2) is 54.9 Å². The van der Waals surface area contributed by atoms with E-state index in [1.807, 2.05) is 35.3 Å². The molecule has 3 heterocycles. The summed E-state index contributed by atoms with van der Waals surface area (Å²) in [6.45, 7) is 4.03. The molecule has 5 rings (SSSR count). The van der Waals surface area contributed by atoms with Crippen LogP contribution in [0.2, 0.25) is 0 Å². The van der Waals surface area contributed by atoms with E-state index < -0.39 is 0 Å². The SMILES string of the molecule is CCc1cnc(N2CCC(n3nnc4cc(-c5ccc(C(=O)NCCO)cc5)ccc43)CC2)nc1. The van der Waals surface area contributed by atoms with E-state index in [1.165, 1.54) is 0 Å². The van der Waals surface area contributed by atoms with Gasteiger partial charge in [-0.3, -0.25) is 4.79 Å². The highest BCUT2D eigenvalue weighted by molar-refractivity contribution is 5.94. The molecule has 35 heavy (non-hydrogen) atoms. The lowest BCUT2D eigenvalue weighted by Gasteiger charge is -2.32. The minimum atomic E-state index is -0.195. The third-order valence-electron chi connectivity index (χ3n) is 6.54. The van der Waals surface area contributed by atoms with Crippen LogP contribution in [0, 0.1) is 0 Å². The van der Waals surface area contributed by atoms with Crippen LogP contribution in [0.3, 0.4) is 0 Å². The maximum absolute atomic E-state index is 12.1. The number of carbonyl (C=O) groups is 1. The van der Waals surface area contributed by atoms with Crippen molar-refractivity contribution in [1.82, 2.24) is 30.3 Å². The Hall–Kier alpha value is -3.85. The largest absolute Gasteiger partial charge is 0.395 e. The summed E-state index contributed by atoms with van der Waals surface area (Å²) < 4.78 is 2.05. The minimum absolute atomic E-state index is 0.0785. The maximum atomic E-state index is 12.1. The number of nitrogens with zero attached hydrogens (tertiary/aromatic N) is 6. The van der Waals surface area contributed by atoms with Gasteiger partial charge in [-0.15, -0.1) is 5.10 Å². The van der Waals surface area contributed by atoms with Crippen molar-refractivity contribution in [2.24, 2.45) is 0 Å². The molecule has 2 N–H and O–H groups in total. The summed E-state index contributed by atoms with van der Waals surface area (Å²) in [5.74, 6) is 0.602. The summed E-state index contributed by atoms with van der Waals surface area (Å²) in [6.07, 6.45) is 6.68. The van der Waals surface area contributed by atoms with E-state index in [1.54, 1.807) is 12.1 Å². The van der Waals surface area contributed by atoms with E-state index in [2.05, 4.69) is 49.6 Å². The van der Waals surface area contributed by atoms with Crippen LogP contribution in [0.5, 0.6) is 0 Å². The molecule has 9 heteroatoms. The first-order valence-corrected chi connectivity index (χ1v) is 12.1. The molecule has 0 spiro atoms. The van der Waals surface area contributed by atoms with E-state index in [4.69, 9.17) is 5.11 Å². The molecule has 1 aliphatic rings. The zero-order valence-corrected chi connectivity index (χ0v) is 19.8. The lowest BCUT2D eigenvalue weighted by Crippen LogP contribution is -2.36. The molecular formula is C26H29N7O2. The molecule has 0 atom stereocenters. The Balaban J connectivity index is 1.27. The summed E-state index contributed by atoms with van der Waals surface area (Å²) in [4.78, 5) is 23.3. The molecule has 1 saturated heterocycles. The number of carbonyl (C=O) groups excluding carboxylic acids is 1. The van der Waals surface area contributed by atoms with Crippen LogP contribution in [-0.4, -0.2) is 62.2 Å². The number of aromatic nitrogens is 5. The van der Waals surface area contributed by atoms with Crippen LogP contribution in [-0.2, 0) is 6.42 Å². The molecule has 2 aromatic heterocycles. The summed E-state index contributed by atoms with van der Waals surface area (Å²) in [5, 5.41) is 20.5. The van der Waals surface area contributed by atoms with Crippen LogP contribution < -0.4 is 10.2 Å². The van der Waals surface area contributed by atoms with Crippen molar-refractivity contribution in [2.75, 3.05) is 31.1 Å². The first-order chi connectivity index (χ1) is 17.2. The lowest BCUT2D eigenvalue weighted by molar-refractivity contribution is 0.0945. The third-order valence-corrected chi connectivity index (χ3v) is 6.54. The highest BCUT2D eigenvalue weighted by Gasteiger charge is 2.24. The number of rotatable bonds is 7. The number of nitrogens with one attached hydrogen (secondary N) is 1. The standard InChI is InChI=1S/C26H29N7O2/c1-2-18-16-28-26(29-17-18)32-12-9-22(10-13-32)33-24-8-7-21(15-23(24)30-31-33)19-3-5-20(6-4-19)25(35)27-11-14-34/h3-8,15-17,22,34H,2,9-14H2,1H3,(H,27,35). The van der Waals surface area contributed by atoms with Crippen molar-refractivity contribution in [3.8, 4) is 11.1 Å². The van der Waals surface area contributed by atoms with E-state index in [0.29, 0.717) is 5.56 Å². The van der Waals surface area contributed by atoms with Gasteiger partial charge in [-0.05, 0) is 60.2 Å². The van der Waals surface area contributed by atoms with Crippen molar-refractivity contribution in [3.63, 3.8) is 0 Å². The van der Waals surface area contributed by atoms with Crippen molar-refractivity contribution < 1.29 is 9.90 Å². The summed E-state index contributed by atoms with van der Waals surface area (Å²) >= 11 is 0. The van der Waals surface area contributed by atoms with Crippen LogP contribution in [0.25, 0.3) is 22.2 Å². The Morgan fingerprint density at radius 1 is 1.06 bits per heavy atom. The zero-order chi connectivity index (χ0) is 24.2. The fraction of sp³-hybridized carbons (Fsp3) is 0.346. The van der Waals surface area contributed by atoms with Crippen molar-refractivity contribution in [1.29, 1.82) is 0 Å². The van der Waals surface area contributed by atoms with Gasteiger partial charge in [0.05, 0.1) is 18.2 Å². The predicted octanol–water partition coefficient (Wildman–Crippen LogP) is 3.01. The second kappa shape index (κ2) is 10.2. The Labute approximate surface area is 203 Å². The summed E-state index contributed by atoms with van der Waals surface area (Å²) in [5.41, 5.74) is 5.62. The van der Waals surface area contributed by atoms with Crippen molar-refractivity contribution >= 4 is 22.9 Å². The van der Waals surface area contributed by atoms with Gasteiger partial charge in [-0.25, -0.2) is 14.6 Å². The molecular weight excluding hydrogens is 442 g/mol. The van der Waals surface area contributed by atoms with Gasteiger partial charge in [0.2, 0.25) is 5.95 Å². The van der Waals surface area contributed by atoms with Crippen molar-refractivity contribution in [2.45, 2.75) is 32.2 Å². The average Bonchev–Trinajstić information content (AvgIpc) is 3.35. The van der Waals surface area contributed by atoms with Crippen LogP contribution in [0.1, 0.15) is 41.7 Å². The molecule has 1 aliphatic heterocycles. The number of benzene rings is 2. The normalized spacial score (nSPS) is 14.4. The van der Waals surface area contributed by atoms with Gasteiger partial charge in [0, 0.05) is 37.6 Å². The third kappa shape index (κ3) is 4.85. The van der Waals surface area contributed by atoms with Gasteiger partial charge in [-0.1, -0.05) is 30.3 Å². The number of aliphatic hydroxyl groups is 1. The van der Waals surface area contributed by atoms with Crippen LogP contribution in [0.4, 0.5) is 5.95 Å². The number of amides is 1. The Kier molecular flexibility index (Phi) is 6.67. The van der Waals surface area contributed by atoms with Crippen LogP contribution >= 0.6 is 0 Å². The number of anilines is 1. The second-order valence-corrected chi connectivity index (χ2v) is 8.76. The fourth-order valence-electron chi connectivity index (χ4n) is 4.48. The average molecular weight is 472 g/mol. The van der Waals surface area contributed by atoms with E-state index in [0.717, 1.165) is 66.0 Å². The molecule has 180 valence electrons. The Bertz CT molecular complexity index is 1290. The number of fused-ring (bicyclic) bond motifs is 1. The first kappa shape index (κ1) is 22.9. The summed E-state index contributed by atoms with van der Waals surface area (Å²) in [6, 6.07) is 13.9. The Morgan fingerprint density at radius 2 is 1.77 bits per heavy atom. The molecule has 4 aromatic rings. The topological polar surface area (TPSA) is 109 Å². The van der Waals surface area contributed by atoms with Gasteiger partial charge in [0.15, 0.2) is 0 Å². The van der Waals surface area contributed by atoms with Crippen molar-refractivity contribution in [3.05, 3.63) is 66.0 Å². The smallest absolute Gasteiger partial charge is 0.251 e. The molecule has 0 bridgehead atoms. The fourth-order valence-corrected chi connectivity index (χ4v) is 4.48. The van der Waals surface area contributed by atoms with E-state index in [9.17, 15) is 4.79 Å². The molecule has 0 unspecified atom stereocenters. The lowest BCUT2D eigenvalue weighted by atomic mass is 10.0. The maximum Gasteiger partial charge on any atom is 0.251 e. The number of hydrogen-bond acceptors (Lipinski definition) is 7. The molecule has 1 amide bonds. The number of aryl methyl sites for hydroxylation is 1. The molecule has 0 saturated carbocycles. The second-order valence-electron chi connectivity index (χ2n) is 8.76. The van der Waals surface area contributed by atoms with Gasteiger partial charge in [-0.2, -0.15) is 0 Å². The molecule has 0 aliphatic carbocycles. The quantitative estimate of drug-likeness (QED) is 0.426. The first-order valence-electron chi connectivity index (χ1n) is 12.1. The molecule has 0 radical (unpaired) electrons. The monoisotopic (exact) mass is 471 g/mol. The molecule has 9 nitrogen and oxygen atoms in total. The Morgan fingerprint density at radius 3 is 2.46 bits per heavy atom. The number of hydrogen-bond donors (Lipinski definition) is 2. The minimum Gasteiger partial charge on any atom is -0.395 e. The highest BCUT2D eigenvalue weighted by atomic mass is 16.3. The van der Waals surface area contributed by atoms with E-state index >= 15 is 0 Å². The van der Waals surface area contributed by atoms with Gasteiger partial charge in [0.1, 0.15) is 5.52 Å². The van der Waals surface area contributed by atoms with Gasteiger partial charge in [0.25, 0.3) is 5.91 Å². The number of piperidine rings is 1. The van der Waals surface area contributed by atoms with E-state index in [-0.39, 0.29) is 25.1 Å². The number of aliphatic hydroxyl groups excluding tert-OH is 1. The molecule has 1 fully saturated rings. The molecule has 2 aromatic carbocycles. The van der Waals surface area contributed by atoms with Gasteiger partial charge < -0.3 is 15.3 Å². The highest BCUT2D eigenvalue weighted by Crippen LogP contribution is 2.29. The predicted molar refractivity (Wildman–Crippen MR) is 134 cm³/mol. The zero-order valence-electron chi connectivity index (χ0n) is 19.8. The van der Waals surface area contributed by atoms with Gasteiger partial charge >= 0.3 is 0 Å².